The summed E-state index contributed by atoms with van der Waals surface area (Å²) >= 11 is 3.37. The molecule has 0 bridgehead atoms. The van der Waals surface area contributed by atoms with Gasteiger partial charge in [0.05, 0.1) is 17.7 Å². The number of benzene rings is 1. The molecule has 1 aromatic carbocycles. The highest BCUT2D eigenvalue weighted by Crippen LogP contribution is 2.27. The minimum Gasteiger partial charge on any atom is -0.465 e. The number of hydrogen-bond acceptors (Lipinski definition) is 4. The Bertz CT molecular complexity index is 656. The highest BCUT2D eigenvalue weighted by molar-refractivity contribution is 9.10. The molecule has 1 heterocycles. The third kappa shape index (κ3) is 5.66. The molecule has 1 aliphatic rings. The fraction of sp³-hybridized carbons (Fsp3) is 0.591. The van der Waals surface area contributed by atoms with Gasteiger partial charge < -0.3 is 4.74 Å². The Balaban J connectivity index is 1.69. The maximum absolute atomic E-state index is 12.6. The molecule has 0 saturated carbocycles. The van der Waals surface area contributed by atoms with Gasteiger partial charge in [-0.05, 0) is 38.3 Å². The first-order chi connectivity index (χ1) is 13.5. The van der Waals surface area contributed by atoms with Crippen molar-refractivity contribution < 1.29 is 19.1 Å². The molecule has 2 unspecified atom stereocenters. The van der Waals surface area contributed by atoms with Gasteiger partial charge in [0.15, 0.2) is 0 Å². The van der Waals surface area contributed by atoms with Crippen LogP contribution in [0.2, 0.25) is 0 Å². The third-order valence-corrected chi connectivity index (χ3v) is 6.03. The first-order valence-corrected chi connectivity index (χ1v) is 11.2. The van der Waals surface area contributed by atoms with E-state index in [-0.39, 0.29) is 28.7 Å². The van der Waals surface area contributed by atoms with Crippen LogP contribution in [0.4, 0.5) is 0 Å². The Hall–Kier alpha value is -1.69. The minimum atomic E-state index is -0.217. The van der Waals surface area contributed by atoms with Crippen molar-refractivity contribution in [3.8, 4) is 0 Å². The summed E-state index contributed by atoms with van der Waals surface area (Å²) in [5, 5.41) is 0. The summed E-state index contributed by atoms with van der Waals surface area (Å²) in [5.74, 6) is -0.501. The predicted molar refractivity (Wildman–Crippen MR) is 113 cm³/mol. The van der Waals surface area contributed by atoms with Crippen LogP contribution < -0.4 is 0 Å². The molecule has 0 radical (unpaired) electrons. The smallest absolute Gasteiger partial charge is 0.319 e. The molecule has 2 rings (SSSR count). The number of rotatable bonds is 12. The molecule has 2 atom stereocenters. The second kappa shape index (κ2) is 11.3. The molecule has 154 valence electrons. The average Bonchev–Trinajstić information content (AvgIpc) is 2.95. The van der Waals surface area contributed by atoms with E-state index >= 15 is 0 Å². The number of alkyl halides is 1. The number of esters is 1. The Morgan fingerprint density at radius 1 is 0.964 bits per heavy atom. The molecule has 6 heteroatoms. The van der Waals surface area contributed by atoms with Crippen LogP contribution in [0.25, 0.3) is 0 Å². The van der Waals surface area contributed by atoms with E-state index < -0.39 is 0 Å². The number of carbonyl (C=O) groups excluding carboxylic acids is 3. The number of hydrogen-bond donors (Lipinski definition) is 0. The van der Waals surface area contributed by atoms with Crippen molar-refractivity contribution in [2.45, 2.75) is 76.1 Å². The van der Waals surface area contributed by atoms with E-state index in [4.69, 9.17) is 4.74 Å². The van der Waals surface area contributed by atoms with E-state index in [1.54, 1.807) is 24.3 Å². The van der Waals surface area contributed by atoms with Crippen LogP contribution in [0, 0.1) is 0 Å². The van der Waals surface area contributed by atoms with Crippen molar-refractivity contribution >= 4 is 33.7 Å². The number of amides is 2. The third-order valence-electron chi connectivity index (χ3n) is 5.20. The Labute approximate surface area is 175 Å². The molecule has 5 nitrogen and oxygen atoms in total. The quantitative estimate of drug-likeness (QED) is 0.191. The maximum Gasteiger partial charge on any atom is 0.319 e. The van der Waals surface area contributed by atoms with Gasteiger partial charge >= 0.3 is 5.97 Å². The molecular weight excluding hydrogens is 422 g/mol. The van der Waals surface area contributed by atoms with Gasteiger partial charge in [-0.3, -0.25) is 19.3 Å². The van der Waals surface area contributed by atoms with Gasteiger partial charge in [0.25, 0.3) is 11.8 Å². The van der Waals surface area contributed by atoms with E-state index in [1.807, 2.05) is 13.8 Å². The lowest BCUT2D eigenvalue weighted by Gasteiger charge is -2.25. The number of halogens is 1. The number of nitrogens with zero attached hydrogens (tertiary/aromatic N) is 1. The summed E-state index contributed by atoms with van der Waals surface area (Å²) in [7, 11) is 0. The zero-order valence-corrected chi connectivity index (χ0v) is 18.4. The van der Waals surface area contributed by atoms with Gasteiger partial charge in [-0.25, -0.2) is 0 Å². The zero-order valence-electron chi connectivity index (χ0n) is 16.8. The molecule has 2 amide bonds. The van der Waals surface area contributed by atoms with Gasteiger partial charge in [0.1, 0.15) is 4.83 Å². The zero-order chi connectivity index (χ0) is 20.5. The standard InChI is InChI=1S/C22H30BrNO4/c1-3-16(24-20(25)17-13-10-11-14-18(17)21(24)26)12-8-6-5-7-9-15-19(23)22(27)28-4-2/h10-11,13-14,16,19H,3-9,12,15H2,1-2H3. The van der Waals surface area contributed by atoms with Crippen LogP contribution in [0.3, 0.4) is 0 Å². The van der Waals surface area contributed by atoms with Crippen molar-refractivity contribution in [3.05, 3.63) is 35.4 Å². The molecule has 28 heavy (non-hydrogen) atoms. The van der Waals surface area contributed by atoms with Gasteiger partial charge in [0.2, 0.25) is 0 Å². The molecule has 0 N–H and O–H groups in total. The highest BCUT2D eigenvalue weighted by Gasteiger charge is 2.38. The Kier molecular flexibility index (Phi) is 9.16. The summed E-state index contributed by atoms with van der Waals surface area (Å²) in [4.78, 5) is 38.0. The molecule has 1 aromatic rings. The van der Waals surface area contributed by atoms with Crippen molar-refractivity contribution in [2.75, 3.05) is 6.61 Å². The van der Waals surface area contributed by atoms with Crippen LogP contribution >= 0.6 is 15.9 Å². The van der Waals surface area contributed by atoms with Crippen LogP contribution in [0.5, 0.6) is 0 Å². The molecule has 0 fully saturated rings. The maximum atomic E-state index is 12.6. The van der Waals surface area contributed by atoms with E-state index in [1.165, 1.54) is 4.90 Å². The van der Waals surface area contributed by atoms with Crippen LogP contribution in [-0.4, -0.2) is 40.2 Å². The van der Waals surface area contributed by atoms with Gasteiger partial charge in [-0.1, -0.05) is 67.1 Å². The second-order valence-electron chi connectivity index (χ2n) is 7.15. The Morgan fingerprint density at radius 2 is 1.50 bits per heavy atom. The minimum absolute atomic E-state index is 0.0388. The molecule has 0 aliphatic carbocycles. The van der Waals surface area contributed by atoms with Crippen LogP contribution in [0.1, 0.15) is 85.9 Å². The topological polar surface area (TPSA) is 63.7 Å². The second-order valence-corrected chi connectivity index (χ2v) is 8.26. The molecule has 0 spiro atoms. The summed E-state index contributed by atoms with van der Waals surface area (Å²) in [6.45, 7) is 4.25. The first kappa shape index (κ1) is 22.6. The lowest BCUT2D eigenvalue weighted by atomic mass is 10.0. The summed E-state index contributed by atoms with van der Waals surface area (Å²) in [6, 6.07) is 7.02. The summed E-state index contributed by atoms with van der Waals surface area (Å²) < 4.78 is 4.98. The van der Waals surface area contributed by atoms with Crippen molar-refractivity contribution in [2.24, 2.45) is 0 Å². The van der Waals surface area contributed by atoms with E-state index in [0.717, 1.165) is 51.4 Å². The lowest BCUT2D eigenvalue weighted by molar-refractivity contribution is -0.142. The van der Waals surface area contributed by atoms with Crippen LogP contribution in [0.15, 0.2) is 24.3 Å². The summed E-state index contributed by atoms with van der Waals surface area (Å²) in [6.07, 6.45) is 7.57. The van der Waals surface area contributed by atoms with Gasteiger partial charge in [0, 0.05) is 6.04 Å². The van der Waals surface area contributed by atoms with Gasteiger partial charge in [-0.2, -0.15) is 0 Å². The molecule has 0 saturated heterocycles. The number of unbranched alkanes of at least 4 members (excludes halogenated alkanes) is 4. The number of imide groups is 1. The monoisotopic (exact) mass is 451 g/mol. The van der Waals surface area contributed by atoms with E-state index in [2.05, 4.69) is 15.9 Å². The molecule has 1 aliphatic heterocycles. The van der Waals surface area contributed by atoms with Crippen molar-refractivity contribution in [3.63, 3.8) is 0 Å². The normalized spacial score (nSPS) is 15.5. The molecule has 0 aromatic heterocycles. The number of carbonyl (C=O) groups is 3. The van der Waals surface area contributed by atoms with Crippen molar-refractivity contribution in [1.82, 2.24) is 4.90 Å². The van der Waals surface area contributed by atoms with Gasteiger partial charge in [-0.15, -0.1) is 0 Å². The fourth-order valence-corrected chi connectivity index (χ4v) is 4.10. The average molecular weight is 452 g/mol. The fourth-order valence-electron chi connectivity index (χ4n) is 3.64. The number of fused-ring (bicyclic) bond motifs is 1. The van der Waals surface area contributed by atoms with Crippen molar-refractivity contribution in [1.29, 1.82) is 0 Å². The summed E-state index contributed by atoms with van der Waals surface area (Å²) in [5.41, 5.74) is 1.05. The highest BCUT2D eigenvalue weighted by atomic mass is 79.9. The number of ether oxygens (including phenoxy) is 1. The van der Waals surface area contributed by atoms with E-state index in [0.29, 0.717) is 17.7 Å². The largest absolute Gasteiger partial charge is 0.465 e. The first-order valence-electron chi connectivity index (χ1n) is 10.3. The predicted octanol–water partition coefficient (Wildman–Crippen LogP) is 5.12. The SMILES string of the molecule is CCOC(=O)C(Br)CCCCCCCC(CC)N1C(=O)c2ccccc2C1=O. The molecular formula is C22H30BrNO4. The van der Waals surface area contributed by atoms with E-state index in [9.17, 15) is 14.4 Å². The Morgan fingerprint density at radius 3 is 2.04 bits per heavy atom. The lowest BCUT2D eigenvalue weighted by Crippen LogP contribution is -2.39. The van der Waals surface area contributed by atoms with Crippen LogP contribution in [-0.2, 0) is 9.53 Å².